The van der Waals surface area contributed by atoms with Gasteiger partial charge in [0.05, 0.1) is 23.2 Å². The molecule has 2 aromatic rings. The van der Waals surface area contributed by atoms with Gasteiger partial charge in [0.15, 0.2) is 0 Å². The van der Waals surface area contributed by atoms with Gasteiger partial charge in [-0.05, 0) is 25.8 Å². The first-order valence-electron chi connectivity index (χ1n) is 9.06. The van der Waals surface area contributed by atoms with Crippen molar-refractivity contribution in [3.63, 3.8) is 0 Å². The summed E-state index contributed by atoms with van der Waals surface area (Å²) >= 11 is 0. The first kappa shape index (κ1) is 18.1. The third-order valence-electron chi connectivity index (χ3n) is 5.67. The smallest absolute Gasteiger partial charge is 0.329 e. The molecule has 7 nitrogen and oxygen atoms in total. The first-order valence-corrected chi connectivity index (χ1v) is 9.06. The third-order valence-corrected chi connectivity index (χ3v) is 5.67. The Labute approximate surface area is 153 Å². The Morgan fingerprint density at radius 2 is 2.07 bits per heavy atom. The van der Waals surface area contributed by atoms with Crippen LogP contribution >= 0.6 is 0 Å². The third kappa shape index (κ3) is 2.85. The molecular weight excluding hydrogens is 358 g/mol. The molecule has 4 rings (SSSR count). The summed E-state index contributed by atoms with van der Waals surface area (Å²) in [5.74, 6) is -1.26. The van der Waals surface area contributed by atoms with Gasteiger partial charge in [-0.3, -0.25) is 14.3 Å². The number of nitrogens with one attached hydrogen (secondary N) is 1. The Kier molecular flexibility index (Phi) is 4.31. The van der Waals surface area contributed by atoms with Crippen LogP contribution < -0.4 is 21.9 Å². The number of aromatic amines is 1. The summed E-state index contributed by atoms with van der Waals surface area (Å²) < 4.78 is 30.8. The van der Waals surface area contributed by atoms with Crippen LogP contribution in [0.1, 0.15) is 24.4 Å². The van der Waals surface area contributed by atoms with Crippen molar-refractivity contribution < 1.29 is 13.9 Å². The minimum atomic E-state index is -1.30. The van der Waals surface area contributed by atoms with Gasteiger partial charge in [-0.2, -0.15) is 0 Å². The number of fused-ring (bicyclic) bond motifs is 1. The number of nitrogens with zero attached hydrogens (tertiary/aromatic N) is 2. The molecule has 1 saturated carbocycles. The molecule has 1 saturated heterocycles. The van der Waals surface area contributed by atoms with E-state index in [1.165, 1.54) is 4.57 Å². The van der Waals surface area contributed by atoms with Crippen LogP contribution in [0.2, 0.25) is 0 Å². The van der Waals surface area contributed by atoms with E-state index >= 15 is 0 Å². The number of anilines is 1. The number of rotatable bonds is 4. The number of aromatic nitrogens is 2. The van der Waals surface area contributed by atoms with Crippen molar-refractivity contribution in [1.82, 2.24) is 9.55 Å². The van der Waals surface area contributed by atoms with E-state index in [0.717, 1.165) is 18.9 Å². The maximum absolute atomic E-state index is 14.9. The Bertz CT molecular complexity index is 1010. The molecule has 146 valence electrons. The number of aliphatic hydroxyl groups is 1. The van der Waals surface area contributed by atoms with Gasteiger partial charge < -0.3 is 15.7 Å². The lowest BCUT2D eigenvalue weighted by atomic mass is 9.99. The number of nitrogens with two attached hydrogens (primary N) is 1. The van der Waals surface area contributed by atoms with E-state index in [0.29, 0.717) is 11.1 Å². The van der Waals surface area contributed by atoms with E-state index in [4.69, 9.17) is 5.73 Å². The fraction of sp³-hybridized carbons (Fsp3) is 0.556. The second-order valence-electron chi connectivity index (χ2n) is 7.52. The van der Waals surface area contributed by atoms with Gasteiger partial charge in [0.2, 0.25) is 0 Å². The molecule has 0 spiro atoms. The van der Waals surface area contributed by atoms with Gasteiger partial charge in [0.25, 0.3) is 5.56 Å². The molecule has 0 amide bonds. The summed E-state index contributed by atoms with van der Waals surface area (Å²) in [7, 11) is 0. The summed E-state index contributed by atoms with van der Waals surface area (Å²) in [6.45, 7) is 1.39. The molecule has 2 aliphatic rings. The predicted octanol–water partition coefficient (Wildman–Crippen LogP) is 0.566. The highest BCUT2D eigenvalue weighted by Crippen LogP contribution is 2.39. The van der Waals surface area contributed by atoms with Gasteiger partial charge >= 0.3 is 5.69 Å². The van der Waals surface area contributed by atoms with Crippen molar-refractivity contribution >= 4 is 16.6 Å². The fourth-order valence-electron chi connectivity index (χ4n) is 4.15. The summed E-state index contributed by atoms with van der Waals surface area (Å²) in [5.41, 5.74) is 5.65. The second-order valence-corrected chi connectivity index (χ2v) is 7.52. The van der Waals surface area contributed by atoms with Crippen molar-refractivity contribution in [2.75, 3.05) is 24.6 Å². The van der Waals surface area contributed by atoms with E-state index in [9.17, 15) is 23.5 Å². The molecule has 1 aliphatic heterocycles. The van der Waals surface area contributed by atoms with Gasteiger partial charge in [-0.1, -0.05) is 0 Å². The largest absolute Gasteiger partial charge is 0.395 e. The van der Waals surface area contributed by atoms with Crippen LogP contribution in [0.25, 0.3) is 10.9 Å². The molecule has 2 fully saturated rings. The summed E-state index contributed by atoms with van der Waals surface area (Å²) in [6, 6.07) is 0.361. The Morgan fingerprint density at radius 1 is 1.37 bits per heavy atom. The number of aliphatic hydroxyl groups excluding tert-OH is 1. The van der Waals surface area contributed by atoms with E-state index in [1.54, 1.807) is 11.8 Å². The molecule has 1 aromatic carbocycles. The van der Waals surface area contributed by atoms with Crippen LogP contribution in [0.3, 0.4) is 0 Å². The maximum Gasteiger partial charge on any atom is 0.329 e. The van der Waals surface area contributed by atoms with Crippen LogP contribution in [0.15, 0.2) is 15.7 Å². The lowest BCUT2D eigenvalue weighted by Gasteiger charge is -2.24. The number of benzene rings is 1. The summed E-state index contributed by atoms with van der Waals surface area (Å²) in [4.78, 5) is 28.3. The Morgan fingerprint density at radius 3 is 2.70 bits per heavy atom. The minimum absolute atomic E-state index is 0.0167. The summed E-state index contributed by atoms with van der Waals surface area (Å²) in [5, 5.41) is 9.34. The standard InChI is InChI=1S/C18H22F2N4O3/c1-8-15-10(17(26)22-18(27)24(15)9-2-3-9)4-12(19)16(8)23-5-11(13(20)6-23)14(21)7-25/h4,9,11,13-14,25H,2-3,5-7,21H2,1H3,(H,22,26,27). The van der Waals surface area contributed by atoms with Crippen molar-refractivity contribution in [3.05, 3.63) is 38.3 Å². The van der Waals surface area contributed by atoms with E-state index < -0.39 is 35.2 Å². The van der Waals surface area contributed by atoms with Gasteiger partial charge in [-0.15, -0.1) is 0 Å². The quantitative estimate of drug-likeness (QED) is 0.719. The van der Waals surface area contributed by atoms with Crippen molar-refractivity contribution in [3.8, 4) is 0 Å². The number of alkyl halides is 1. The lowest BCUT2D eigenvalue weighted by Crippen LogP contribution is -2.39. The molecule has 9 heteroatoms. The number of H-pyrrole nitrogens is 1. The molecular formula is C18H22F2N4O3. The highest BCUT2D eigenvalue weighted by atomic mass is 19.1. The van der Waals surface area contributed by atoms with E-state index in [2.05, 4.69) is 4.98 Å². The Hall–Kier alpha value is -2.26. The molecule has 0 radical (unpaired) electrons. The lowest BCUT2D eigenvalue weighted by molar-refractivity contribution is 0.184. The van der Waals surface area contributed by atoms with Crippen LogP contribution in [0, 0.1) is 18.7 Å². The van der Waals surface area contributed by atoms with Gasteiger partial charge in [0.1, 0.15) is 12.0 Å². The number of halogens is 2. The average molecular weight is 380 g/mol. The minimum Gasteiger partial charge on any atom is -0.395 e. The molecule has 27 heavy (non-hydrogen) atoms. The molecule has 1 aliphatic carbocycles. The van der Waals surface area contributed by atoms with Gasteiger partial charge in [0, 0.05) is 36.7 Å². The summed E-state index contributed by atoms with van der Waals surface area (Å²) in [6.07, 6.45) is 0.333. The monoisotopic (exact) mass is 380 g/mol. The zero-order valence-electron chi connectivity index (χ0n) is 14.9. The highest BCUT2D eigenvalue weighted by Gasteiger charge is 2.39. The van der Waals surface area contributed by atoms with Crippen molar-refractivity contribution in [2.45, 2.75) is 38.0 Å². The molecule has 2 heterocycles. The van der Waals surface area contributed by atoms with Crippen LogP contribution in [-0.2, 0) is 0 Å². The van der Waals surface area contributed by atoms with Crippen LogP contribution in [-0.4, -0.2) is 46.6 Å². The zero-order chi connectivity index (χ0) is 19.5. The molecule has 3 unspecified atom stereocenters. The molecule has 4 N–H and O–H groups in total. The topological polar surface area (TPSA) is 104 Å². The van der Waals surface area contributed by atoms with Gasteiger partial charge in [-0.25, -0.2) is 13.6 Å². The molecule has 0 bridgehead atoms. The van der Waals surface area contributed by atoms with E-state index in [1.807, 2.05) is 0 Å². The first-order chi connectivity index (χ1) is 12.8. The van der Waals surface area contributed by atoms with Crippen LogP contribution in [0.5, 0.6) is 0 Å². The molecule has 1 aromatic heterocycles. The fourth-order valence-corrected chi connectivity index (χ4v) is 4.15. The normalized spacial score (nSPS) is 24.0. The van der Waals surface area contributed by atoms with E-state index in [-0.39, 0.29) is 36.8 Å². The van der Waals surface area contributed by atoms with Crippen molar-refractivity contribution in [2.24, 2.45) is 11.7 Å². The highest BCUT2D eigenvalue weighted by molar-refractivity contribution is 5.87. The zero-order valence-corrected chi connectivity index (χ0v) is 14.9. The average Bonchev–Trinajstić information content (AvgIpc) is 3.37. The van der Waals surface area contributed by atoms with Crippen LogP contribution in [0.4, 0.5) is 14.5 Å². The second kappa shape index (κ2) is 6.42. The number of hydrogen-bond donors (Lipinski definition) is 3. The van der Waals surface area contributed by atoms with Crippen molar-refractivity contribution in [1.29, 1.82) is 0 Å². The molecule has 3 atom stereocenters. The number of aryl methyl sites for hydroxylation is 1. The maximum atomic E-state index is 14.9. The Balaban J connectivity index is 1.89. The predicted molar refractivity (Wildman–Crippen MR) is 97.5 cm³/mol. The SMILES string of the molecule is Cc1c(N2CC(F)C(C(N)CO)C2)c(F)cc2c(=O)[nH]c(=O)n(C3CC3)c12. The number of hydrogen-bond acceptors (Lipinski definition) is 5.